The minimum Gasteiger partial charge on any atom is -0.496 e. The monoisotopic (exact) mass is 354 g/mol. The smallest absolute Gasteiger partial charge is 0.245 e. The van der Waals surface area contributed by atoms with E-state index in [4.69, 9.17) is 9.84 Å². The first-order valence-electron chi connectivity index (χ1n) is 8.36. The molecule has 1 aromatic carbocycles. The zero-order chi connectivity index (χ0) is 16.4. The Morgan fingerprint density at radius 1 is 1.38 bits per heavy atom. The summed E-state index contributed by atoms with van der Waals surface area (Å²) in [6.07, 6.45) is 2.54. The molecule has 0 bridgehead atoms. The van der Waals surface area contributed by atoms with Crippen LogP contribution in [0.1, 0.15) is 24.0 Å². The number of methoxy groups -OCH3 is 1. The van der Waals surface area contributed by atoms with Gasteiger partial charge in [0.05, 0.1) is 7.11 Å². The van der Waals surface area contributed by atoms with Crippen molar-refractivity contribution in [2.24, 2.45) is 11.8 Å². The van der Waals surface area contributed by atoms with Crippen LogP contribution < -0.4 is 10.1 Å². The topological polar surface area (TPSA) is 61.8 Å². The van der Waals surface area contributed by atoms with Gasteiger partial charge in [0.2, 0.25) is 5.91 Å². The molecule has 1 amide bonds. The molecule has 0 spiro atoms. The summed E-state index contributed by atoms with van der Waals surface area (Å²) in [4.78, 5) is 14.0. The zero-order valence-corrected chi connectivity index (χ0v) is 15.1. The largest absolute Gasteiger partial charge is 0.496 e. The van der Waals surface area contributed by atoms with Gasteiger partial charge in [-0.1, -0.05) is 12.1 Å². The Hall–Kier alpha value is -1.30. The van der Waals surface area contributed by atoms with Crippen molar-refractivity contribution in [1.29, 1.82) is 0 Å². The van der Waals surface area contributed by atoms with Crippen LogP contribution in [0.4, 0.5) is 0 Å². The highest BCUT2D eigenvalue weighted by Gasteiger charge is 2.42. The van der Waals surface area contributed by atoms with Crippen molar-refractivity contribution >= 4 is 18.3 Å². The van der Waals surface area contributed by atoms with Crippen LogP contribution in [0.5, 0.6) is 5.75 Å². The molecule has 1 saturated heterocycles. The van der Waals surface area contributed by atoms with E-state index in [2.05, 4.69) is 29.3 Å². The van der Waals surface area contributed by atoms with Crippen molar-refractivity contribution in [3.8, 4) is 5.75 Å². The lowest BCUT2D eigenvalue weighted by Gasteiger charge is -2.18. The third-order valence-corrected chi connectivity index (χ3v) is 5.02. The first-order valence-corrected chi connectivity index (χ1v) is 8.36. The molecule has 1 aliphatic heterocycles. The molecule has 0 unspecified atom stereocenters. The molecule has 24 heavy (non-hydrogen) atoms. The van der Waals surface area contributed by atoms with E-state index in [9.17, 15) is 4.79 Å². The van der Waals surface area contributed by atoms with Gasteiger partial charge < -0.3 is 15.2 Å². The van der Waals surface area contributed by atoms with Gasteiger partial charge in [0.25, 0.3) is 0 Å². The maximum atomic E-state index is 11.5. The van der Waals surface area contributed by atoms with Gasteiger partial charge in [-0.15, -0.1) is 12.4 Å². The Labute approximate surface area is 149 Å². The SMILES string of the molecule is COc1ccc(CN2C[C@H](NC(=O)CO)[C@@H](C3CC3)C2)cc1C.Cl. The Kier molecular flexibility index (Phi) is 6.49. The van der Waals surface area contributed by atoms with Crippen molar-refractivity contribution in [3.63, 3.8) is 0 Å². The number of aliphatic hydroxyl groups is 1. The maximum absolute atomic E-state index is 11.5. The van der Waals surface area contributed by atoms with Gasteiger partial charge in [0.1, 0.15) is 12.4 Å². The van der Waals surface area contributed by atoms with E-state index in [1.165, 1.54) is 18.4 Å². The van der Waals surface area contributed by atoms with Crippen LogP contribution >= 0.6 is 12.4 Å². The summed E-state index contributed by atoms with van der Waals surface area (Å²) in [6.45, 7) is 4.40. The van der Waals surface area contributed by atoms with Gasteiger partial charge in [0, 0.05) is 25.7 Å². The van der Waals surface area contributed by atoms with Gasteiger partial charge in [-0.2, -0.15) is 0 Å². The molecule has 2 N–H and O–H groups in total. The number of benzene rings is 1. The fourth-order valence-electron chi connectivity index (χ4n) is 3.75. The highest BCUT2D eigenvalue weighted by atomic mass is 35.5. The van der Waals surface area contributed by atoms with Gasteiger partial charge in [0.15, 0.2) is 0 Å². The van der Waals surface area contributed by atoms with Gasteiger partial charge in [-0.05, 0) is 48.8 Å². The fourth-order valence-corrected chi connectivity index (χ4v) is 3.75. The van der Waals surface area contributed by atoms with Crippen LogP contribution in [0.25, 0.3) is 0 Å². The molecule has 0 radical (unpaired) electrons. The van der Waals surface area contributed by atoms with E-state index >= 15 is 0 Å². The number of aliphatic hydroxyl groups excluding tert-OH is 1. The molecule has 3 rings (SSSR count). The van der Waals surface area contributed by atoms with Crippen LogP contribution in [0.15, 0.2) is 18.2 Å². The quantitative estimate of drug-likeness (QED) is 0.817. The van der Waals surface area contributed by atoms with Crippen LogP contribution in [0, 0.1) is 18.8 Å². The van der Waals surface area contributed by atoms with Crippen LogP contribution in [0.2, 0.25) is 0 Å². The number of halogens is 1. The van der Waals surface area contributed by atoms with Crippen LogP contribution in [-0.2, 0) is 11.3 Å². The molecule has 1 aliphatic carbocycles. The van der Waals surface area contributed by atoms with Crippen molar-refractivity contribution < 1.29 is 14.6 Å². The summed E-state index contributed by atoms with van der Waals surface area (Å²) in [6, 6.07) is 6.47. The number of nitrogens with one attached hydrogen (secondary N) is 1. The number of aryl methyl sites for hydroxylation is 1. The molecule has 5 nitrogen and oxygen atoms in total. The molecule has 6 heteroatoms. The second-order valence-electron chi connectivity index (χ2n) is 6.83. The molecular formula is C18H27ClN2O3. The standard InChI is InChI=1S/C18H26N2O3.ClH/c1-12-7-13(3-6-17(12)23-2)8-20-9-15(14-4-5-14)16(10-20)19-18(22)11-21;/h3,6-7,14-16,21H,4-5,8-11H2,1-2H3,(H,19,22);1H/t15-,16+;/m1./s1. The lowest BCUT2D eigenvalue weighted by Crippen LogP contribution is -2.42. The van der Waals surface area contributed by atoms with Crippen molar-refractivity contribution in [2.45, 2.75) is 32.4 Å². The van der Waals surface area contributed by atoms with Crippen molar-refractivity contribution in [1.82, 2.24) is 10.2 Å². The molecule has 134 valence electrons. The second-order valence-corrected chi connectivity index (χ2v) is 6.83. The summed E-state index contributed by atoms with van der Waals surface area (Å²) in [7, 11) is 1.69. The molecule has 1 saturated carbocycles. The number of amides is 1. The number of carbonyl (C=O) groups excluding carboxylic acids is 1. The predicted octanol–water partition coefficient (Wildman–Crippen LogP) is 1.74. The first-order chi connectivity index (χ1) is 11.1. The predicted molar refractivity (Wildman–Crippen MR) is 95.5 cm³/mol. The zero-order valence-electron chi connectivity index (χ0n) is 14.3. The number of hydrogen-bond donors (Lipinski definition) is 2. The van der Waals surface area contributed by atoms with Gasteiger partial charge in [-0.25, -0.2) is 0 Å². The Morgan fingerprint density at radius 3 is 2.71 bits per heavy atom. The molecule has 2 atom stereocenters. The third kappa shape index (κ3) is 4.41. The molecular weight excluding hydrogens is 328 g/mol. The fraction of sp³-hybridized carbons (Fsp3) is 0.611. The van der Waals surface area contributed by atoms with Gasteiger partial charge in [-0.3, -0.25) is 9.69 Å². The number of hydrogen-bond acceptors (Lipinski definition) is 4. The second kappa shape index (κ2) is 8.19. The summed E-state index contributed by atoms with van der Waals surface area (Å²) >= 11 is 0. The highest BCUT2D eigenvalue weighted by molar-refractivity contribution is 5.85. The first kappa shape index (κ1) is 19.0. The van der Waals surface area contributed by atoms with E-state index < -0.39 is 6.61 Å². The van der Waals surface area contributed by atoms with Crippen LogP contribution in [0.3, 0.4) is 0 Å². The van der Waals surface area contributed by atoms with Crippen LogP contribution in [-0.4, -0.2) is 48.8 Å². The molecule has 1 aromatic rings. The lowest BCUT2D eigenvalue weighted by molar-refractivity contribution is -0.124. The number of rotatable bonds is 6. The number of likely N-dealkylation sites (tertiary alicyclic amines) is 1. The Bertz CT molecular complexity index is 577. The average Bonchev–Trinajstić information content (AvgIpc) is 3.30. The molecule has 2 aliphatic rings. The van der Waals surface area contributed by atoms with Gasteiger partial charge >= 0.3 is 0 Å². The summed E-state index contributed by atoms with van der Waals surface area (Å²) in [5.74, 6) is 1.91. The number of carbonyl (C=O) groups is 1. The minimum atomic E-state index is -0.425. The number of nitrogens with zero attached hydrogens (tertiary/aromatic N) is 1. The average molecular weight is 355 g/mol. The van der Waals surface area contributed by atoms with E-state index in [1.807, 2.05) is 6.07 Å². The molecule has 0 aromatic heterocycles. The summed E-state index contributed by atoms with van der Waals surface area (Å²) in [5, 5.41) is 12.0. The number of ether oxygens (including phenoxy) is 1. The lowest BCUT2D eigenvalue weighted by atomic mass is 9.98. The van der Waals surface area contributed by atoms with E-state index in [0.29, 0.717) is 5.92 Å². The van der Waals surface area contributed by atoms with E-state index in [0.717, 1.165) is 36.9 Å². The Balaban J connectivity index is 0.00000208. The van der Waals surface area contributed by atoms with E-state index in [1.54, 1.807) is 7.11 Å². The van der Waals surface area contributed by atoms with E-state index in [-0.39, 0.29) is 24.4 Å². The summed E-state index contributed by atoms with van der Waals surface area (Å²) in [5.41, 5.74) is 2.42. The highest BCUT2D eigenvalue weighted by Crippen LogP contribution is 2.41. The molecule has 2 fully saturated rings. The third-order valence-electron chi connectivity index (χ3n) is 5.02. The Morgan fingerprint density at radius 2 is 2.12 bits per heavy atom. The minimum absolute atomic E-state index is 0. The maximum Gasteiger partial charge on any atom is 0.245 e. The van der Waals surface area contributed by atoms with Crippen molar-refractivity contribution in [3.05, 3.63) is 29.3 Å². The van der Waals surface area contributed by atoms with Crippen molar-refractivity contribution in [2.75, 3.05) is 26.8 Å². The molecule has 1 heterocycles. The summed E-state index contributed by atoms with van der Waals surface area (Å²) < 4.78 is 5.32. The normalized spacial score (nSPS) is 23.6.